The van der Waals surface area contributed by atoms with E-state index >= 15 is 0 Å². The van der Waals surface area contributed by atoms with Gasteiger partial charge in [0.1, 0.15) is 11.9 Å². The quantitative estimate of drug-likeness (QED) is 0.849. The molecule has 126 valence electrons. The third kappa shape index (κ3) is 3.05. The molecule has 1 atom stereocenters. The van der Waals surface area contributed by atoms with Crippen molar-refractivity contribution in [2.45, 2.75) is 31.2 Å². The van der Waals surface area contributed by atoms with E-state index in [1.807, 2.05) is 18.3 Å². The predicted molar refractivity (Wildman–Crippen MR) is 83.1 cm³/mol. The number of carbonyl (C=O) groups excluding carboxylic acids is 1. The third-order valence-corrected chi connectivity index (χ3v) is 4.55. The van der Waals surface area contributed by atoms with Gasteiger partial charge in [-0.05, 0) is 18.1 Å². The van der Waals surface area contributed by atoms with E-state index in [1.165, 1.54) is 12.7 Å². The number of carbonyl (C=O) groups is 1. The van der Waals surface area contributed by atoms with Gasteiger partial charge < -0.3 is 18.8 Å². The summed E-state index contributed by atoms with van der Waals surface area (Å²) in [7, 11) is 0. The Morgan fingerprint density at radius 1 is 1.46 bits per heavy atom. The van der Waals surface area contributed by atoms with Crippen LogP contribution in [0.15, 0.2) is 41.6 Å². The molecule has 4 rings (SSSR count). The summed E-state index contributed by atoms with van der Waals surface area (Å²) in [5.41, 5.74) is 1.12. The van der Waals surface area contributed by atoms with Crippen molar-refractivity contribution in [3.8, 4) is 0 Å². The molecule has 0 saturated carbocycles. The van der Waals surface area contributed by atoms with Crippen LogP contribution in [0.1, 0.15) is 28.9 Å². The zero-order valence-corrected chi connectivity index (χ0v) is 13.3. The van der Waals surface area contributed by atoms with Crippen LogP contribution in [0, 0.1) is 0 Å². The van der Waals surface area contributed by atoms with Crippen LogP contribution < -0.4 is 0 Å². The maximum Gasteiger partial charge on any atom is 0.276 e. The minimum Gasteiger partial charge on any atom is -0.451 e. The fourth-order valence-corrected chi connectivity index (χ4v) is 3.32. The maximum absolute atomic E-state index is 12.2. The number of rotatable bonds is 4. The largest absolute Gasteiger partial charge is 0.451 e. The van der Waals surface area contributed by atoms with Crippen molar-refractivity contribution in [1.29, 1.82) is 0 Å². The van der Waals surface area contributed by atoms with E-state index in [1.54, 1.807) is 11.1 Å². The molecule has 2 aromatic rings. The van der Waals surface area contributed by atoms with E-state index in [4.69, 9.17) is 13.9 Å². The Labute approximate surface area is 139 Å². The van der Waals surface area contributed by atoms with Crippen molar-refractivity contribution in [3.05, 3.63) is 48.4 Å². The molecule has 0 bridgehead atoms. The molecule has 4 heterocycles. The van der Waals surface area contributed by atoms with E-state index in [0.717, 1.165) is 18.4 Å². The number of amides is 1. The Balaban J connectivity index is 1.30. The van der Waals surface area contributed by atoms with Crippen molar-refractivity contribution < 1.29 is 18.7 Å². The van der Waals surface area contributed by atoms with Crippen LogP contribution in [0.5, 0.6) is 0 Å². The van der Waals surface area contributed by atoms with Gasteiger partial charge in [0.25, 0.3) is 5.91 Å². The summed E-state index contributed by atoms with van der Waals surface area (Å²) in [6, 6.07) is 3.91. The Hall–Kier alpha value is -2.25. The molecule has 0 N–H and O–H groups in total. The average molecular weight is 329 g/mol. The summed E-state index contributed by atoms with van der Waals surface area (Å²) >= 11 is 0. The lowest BCUT2D eigenvalue weighted by Gasteiger charge is -2.52. The zero-order chi connectivity index (χ0) is 16.4. The van der Waals surface area contributed by atoms with Gasteiger partial charge in [-0.1, -0.05) is 6.07 Å². The van der Waals surface area contributed by atoms with Gasteiger partial charge in [0.15, 0.2) is 12.1 Å². The van der Waals surface area contributed by atoms with E-state index in [9.17, 15) is 4.79 Å². The van der Waals surface area contributed by atoms with E-state index in [2.05, 4.69) is 9.97 Å². The summed E-state index contributed by atoms with van der Waals surface area (Å²) in [6.07, 6.45) is 8.02. The lowest BCUT2D eigenvalue weighted by molar-refractivity contribution is -0.188. The molecule has 2 aliphatic heterocycles. The number of ether oxygens (including phenoxy) is 2. The molecule has 1 amide bonds. The van der Waals surface area contributed by atoms with Crippen LogP contribution in [0.4, 0.5) is 0 Å². The van der Waals surface area contributed by atoms with Crippen LogP contribution in [0.3, 0.4) is 0 Å². The van der Waals surface area contributed by atoms with E-state index < -0.39 is 0 Å². The van der Waals surface area contributed by atoms with Gasteiger partial charge in [0.05, 0.1) is 25.8 Å². The Kier molecular flexibility index (Phi) is 4.03. The lowest BCUT2D eigenvalue weighted by Crippen LogP contribution is -2.67. The van der Waals surface area contributed by atoms with Crippen molar-refractivity contribution in [2.24, 2.45) is 0 Å². The topological polar surface area (TPSA) is 77.7 Å². The summed E-state index contributed by atoms with van der Waals surface area (Å²) in [6.45, 7) is 2.36. The van der Waals surface area contributed by atoms with Crippen molar-refractivity contribution >= 4 is 5.91 Å². The highest BCUT2D eigenvalue weighted by atomic mass is 16.5. The highest BCUT2D eigenvalue weighted by Crippen LogP contribution is 2.36. The first-order chi connectivity index (χ1) is 11.7. The molecule has 0 aliphatic carbocycles. The Morgan fingerprint density at radius 3 is 3.12 bits per heavy atom. The molecule has 24 heavy (non-hydrogen) atoms. The van der Waals surface area contributed by atoms with Gasteiger partial charge in [0, 0.05) is 25.4 Å². The molecular weight excluding hydrogens is 310 g/mol. The first-order valence-corrected chi connectivity index (χ1v) is 8.06. The van der Waals surface area contributed by atoms with Crippen LogP contribution in [0.25, 0.3) is 0 Å². The monoisotopic (exact) mass is 329 g/mol. The summed E-state index contributed by atoms with van der Waals surface area (Å²) in [4.78, 5) is 22.0. The van der Waals surface area contributed by atoms with Crippen LogP contribution in [-0.2, 0) is 16.1 Å². The summed E-state index contributed by atoms with van der Waals surface area (Å²) < 4.78 is 16.8. The number of pyridine rings is 1. The van der Waals surface area contributed by atoms with Gasteiger partial charge in [0.2, 0.25) is 0 Å². The van der Waals surface area contributed by atoms with Gasteiger partial charge in [-0.15, -0.1) is 0 Å². The number of likely N-dealkylation sites (tertiary alicyclic amines) is 1. The molecule has 2 aliphatic rings. The summed E-state index contributed by atoms with van der Waals surface area (Å²) in [5.74, 6) is -0.114. The standard InChI is InChI=1S/C17H19N3O4/c21-16(15-9-22-12-19-15)20-10-17(11-20)6-14(3-5-24-17)23-8-13-2-1-4-18-7-13/h1-2,4,7,9,12,14H,3,5-6,8,10-11H2/t14-/m1/s1. The molecule has 7 heteroatoms. The second kappa shape index (κ2) is 6.33. The van der Waals surface area contributed by atoms with Crippen molar-refractivity contribution in [3.63, 3.8) is 0 Å². The van der Waals surface area contributed by atoms with Gasteiger partial charge >= 0.3 is 0 Å². The number of nitrogens with zero attached hydrogens (tertiary/aromatic N) is 3. The second-order valence-corrected chi connectivity index (χ2v) is 6.35. The molecule has 2 saturated heterocycles. The van der Waals surface area contributed by atoms with E-state index in [-0.39, 0.29) is 17.6 Å². The van der Waals surface area contributed by atoms with Crippen molar-refractivity contribution in [1.82, 2.24) is 14.9 Å². The lowest BCUT2D eigenvalue weighted by atomic mass is 9.84. The Bertz CT molecular complexity index is 683. The Morgan fingerprint density at radius 2 is 2.38 bits per heavy atom. The van der Waals surface area contributed by atoms with Crippen LogP contribution >= 0.6 is 0 Å². The van der Waals surface area contributed by atoms with Crippen LogP contribution in [-0.4, -0.2) is 52.2 Å². The zero-order valence-electron chi connectivity index (χ0n) is 13.3. The number of hydrogen-bond acceptors (Lipinski definition) is 6. The first kappa shape index (κ1) is 15.3. The third-order valence-electron chi connectivity index (χ3n) is 4.55. The molecule has 0 aromatic carbocycles. The minimum atomic E-state index is -0.281. The fourth-order valence-electron chi connectivity index (χ4n) is 3.32. The van der Waals surface area contributed by atoms with Gasteiger partial charge in [-0.2, -0.15) is 0 Å². The number of oxazole rings is 1. The number of hydrogen-bond donors (Lipinski definition) is 0. The molecular formula is C17H19N3O4. The van der Waals surface area contributed by atoms with E-state index in [0.29, 0.717) is 32.0 Å². The van der Waals surface area contributed by atoms with Gasteiger partial charge in [-0.3, -0.25) is 9.78 Å². The average Bonchev–Trinajstić information content (AvgIpc) is 3.13. The molecule has 0 radical (unpaired) electrons. The van der Waals surface area contributed by atoms with Gasteiger partial charge in [-0.25, -0.2) is 4.98 Å². The highest BCUT2D eigenvalue weighted by Gasteiger charge is 2.50. The number of aromatic nitrogens is 2. The molecule has 2 fully saturated rings. The normalized spacial score (nSPS) is 22.3. The maximum atomic E-state index is 12.2. The molecule has 1 spiro atoms. The highest BCUT2D eigenvalue weighted by molar-refractivity contribution is 5.92. The predicted octanol–water partition coefficient (Wildman–Crippen LogP) is 1.66. The minimum absolute atomic E-state index is 0.114. The molecule has 2 aromatic heterocycles. The van der Waals surface area contributed by atoms with Crippen molar-refractivity contribution in [2.75, 3.05) is 19.7 Å². The molecule has 0 unspecified atom stereocenters. The first-order valence-electron chi connectivity index (χ1n) is 8.06. The SMILES string of the molecule is O=C(c1cocn1)N1CC2(C[C@H](OCc3cccnc3)CCO2)C1. The fraction of sp³-hybridized carbons (Fsp3) is 0.471. The smallest absolute Gasteiger partial charge is 0.276 e. The molecule has 7 nitrogen and oxygen atoms in total. The summed E-state index contributed by atoms with van der Waals surface area (Å²) in [5, 5.41) is 0. The second-order valence-electron chi connectivity index (χ2n) is 6.35. The van der Waals surface area contributed by atoms with Crippen LogP contribution in [0.2, 0.25) is 0 Å².